The van der Waals surface area contributed by atoms with Gasteiger partial charge in [-0.1, -0.05) is 28.1 Å². The zero-order chi connectivity index (χ0) is 24.0. The number of Topliss-reactive ketones (excluding diaryl/α,β-unsaturated/α-hetero) is 1. The number of benzene rings is 2. The molecule has 33 heavy (non-hydrogen) atoms. The number of esters is 1. The SMILES string of the molecule is CC(C)(C)OC(=O)C1(CC(=O)c2ccc3c(c2)COc2cc(Br)ccc2-3)CCCN1C(=O)O. The summed E-state index contributed by atoms with van der Waals surface area (Å²) in [6, 6.07) is 11.2. The fraction of sp³-hybridized carbons (Fsp3) is 0.400. The first kappa shape index (κ1) is 23.3. The summed E-state index contributed by atoms with van der Waals surface area (Å²) in [5, 5.41) is 9.74. The minimum Gasteiger partial charge on any atom is -0.488 e. The van der Waals surface area contributed by atoms with Gasteiger partial charge in [-0.25, -0.2) is 9.59 Å². The molecule has 0 bridgehead atoms. The Balaban J connectivity index is 1.65. The quantitative estimate of drug-likeness (QED) is 0.430. The first-order valence-corrected chi connectivity index (χ1v) is 11.6. The number of fused-ring (bicyclic) bond motifs is 3. The molecule has 1 N–H and O–H groups in total. The van der Waals surface area contributed by atoms with Crippen molar-refractivity contribution in [3.05, 3.63) is 52.0 Å². The normalized spacial score (nSPS) is 19.3. The van der Waals surface area contributed by atoms with Crippen LogP contribution in [0, 0.1) is 0 Å². The molecule has 0 aliphatic carbocycles. The van der Waals surface area contributed by atoms with Crippen LogP contribution in [-0.4, -0.2) is 45.5 Å². The fourth-order valence-corrected chi connectivity index (χ4v) is 4.85. The van der Waals surface area contributed by atoms with Crippen molar-refractivity contribution in [2.75, 3.05) is 6.54 Å². The van der Waals surface area contributed by atoms with E-state index in [4.69, 9.17) is 9.47 Å². The van der Waals surface area contributed by atoms with Crippen LogP contribution in [0.15, 0.2) is 40.9 Å². The molecule has 1 unspecified atom stereocenters. The van der Waals surface area contributed by atoms with Gasteiger partial charge in [0.25, 0.3) is 0 Å². The number of ketones is 1. The molecule has 2 heterocycles. The maximum atomic E-state index is 13.3. The highest BCUT2D eigenvalue weighted by atomic mass is 79.9. The highest BCUT2D eigenvalue weighted by Gasteiger charge is 2.53. The number of carbonyl (C=O) groups is 3. The number of rotatable bonds is 4. The van der Waals surface area contributed by atoms with Crippen LogP contribution >= 0.6 is 15.9 Å². The Bertz CT molecular complexity index is 1140. The molecule has 2 aromatic rings. The monoisotopic (exact) mass is 515 g/mol. The van der Waals surface area contributed by atoms with Crippen LogP contribution < -0.4 is 4.74 Å². The average molecular weight is 516 g/mol. The van der Waals surface area contributed by atoms with Crippen LogP contribution in [-0.2, 0) is 16.1 Å². The van der Waals surface area contributed by atoms with Crippen LogP contribution in [0.5, 0.6) is 5.75 Å². The van der Waals surface area contributed by atoms with Crippen molar-refractivity contribution in [1.29, 1.82) is 0 Å². The van der Waals surface area contributed by atoms with Gasteiger partial charge in [0, 0.05) is 28.6 Å². The van der Waals surface area contributed by atoms with Crippen molar-refractivity contribution < 1.29 is 29.0 Å². The second-order valence-corrected chi connectivity index (χ2v) is 10.4. The number of carboxylic acid groups (broad SMARTS) is 1. The molecule has 2 aromatic carbocycles. The number of nitrogens with zero attached hydrogens (tertiary/aromatic N) is 1. The van der Waals surface area contributed by atoms with Gasteiger partial charge in [-0.15, -0.1) is 0 Å². The van der Waals surface area contributed by atoms with E-state index < -0.39 is 23.2 Å². The first-order valence-electron chi connectivity index (χ1n) is 10.8. The van der Waals surface area contributed by atoms with Gasteiger partial charge in [-0.2, -0.15) is 0 Å². The molecule has 0 aromatic heterocycles. The lowest BCUT2D eigenvalue weighted by Gasteiger charge is -2.36. The third-order valence-corrected chi connectivity index (χ3v) is 6.49. The maximum absolute atomic E-state index is 13.3. The molecule has 0 spiro atoms. The lowest BCUT2D eigenvalue weighted by atomic mass is 9.86. The highest BCUT2D eigenvalue weighted by molar-refractivity contribution is 9.10. The second kappa shape index (κ2) is 8.48. The van der Waals surface area contributed by atoms with Gasteiger partial charge in [0.05, 0.1) is 0 Å². The maximum Gasteiger partial charge on any atom is 0.408 e. The number of halogens is 1. The first-order chi connectivity index (χ1) is 15.5. The van der Waals surface area contributed by atoms with Crippen molar-refractivity contribution in [3.8, 4) is 16.9 Å². The topological polar surface area (TPSA) is 93.1 Å². The van der Waals surface area contributed by atoms with Gasteiger partial charge in [0.15, 0.2) is 11.3 Å². The molecule has 1 saturated heterocycles. The van der Waals surface area contributed by atoms with Gasteiger partial charge in [-0.3, -0.25) is 9.69 Å². The number of amides is 1. The molecule has 174 valence electrons. The summed E-state index contributed by atoms with van der Waals surface area (Å²) in [5.74, 6) is -0.217. The molecule has 0 radical (unpaired) electrons. The van der Waals surface area contributed by atoms with Gasteiger partial charge >= 0.3 is 12.1 Å². The standard InChI is InChI=1S/C25H26BrNO6/c1-24(2,3)33-22(29)25(9-4-10-27(25)23(30)31)13-20(28)15-5-7-18-16(11-15)14-32-21-12-17(26)6-8-19(18)21/h5-8,11-12H,4,9-10,13-14H2,1-3H3,(H,30,31). The largest absolute Gasteiger partial charge is 0.488 e. The Morgan fingerprint density at radius 1 is 1.15 bits per heavy atom. The van der Waals surface area contributed by atoms with E-state index in [9.17, 15) is 19.5 Å². The third kappa shape index (κ3) is 4.49. The van der Waals surface area contributed by atoms with Gasteiger partial charge in [0.1, 0.15) is 18.0 Å². The number of hydrogen-bond acceptors (Lipinski definition) is 5. The zero-order valence-electron chi connectivity index (χ0n) is 18.8. The van der Waals surface area contributed by atoms with Crippen LogP contribution in [0.2, 0.25) is 0 Å². The number of ether oxygens (including phenoxy) is 2. The molecule has 1 fully saturated rings. The van der Waals surface area contributed by atoms with Crippen molar-refractivity contribution in [2.45, 2.75) is 57.8 Å². The Labute approximate surface area is 200 Å². The zero-order valence-corrected chi connectivity index (χ0v) is 20.4. The van der Waals surface area contributed by atoms with Gasteiger partial charge in [-0.05, 0) is 69.0 Å². The minimum atomic E-state index is -1.53. The van der Waals surface area contributed by atoms with Gasteiger partial charge in [0.2, 0.25) is 0 Å². The average Bonchev–Trinajstić information content (AvgIpc) is 3.17. The van der Waals surface area contributed by atoms with E-state index in [1.165, 1.54) is 0 Å². The number of likely N-dealkylation sites (tertiary alicyclic amines) is 1. The predicted molar refractivity (Wildman–Crippen MR) is 125 cm³/mol. The summed E-state index contributed by atoms with van der Waals surface area (Å²) in [4.78, 5) is 39.5. The van der Waals surface area contributed by atoms with Crippen molar-refractivity contribution in [3.63, 3.8) is 0 Å². The number of hydrogen-bond donors (Lipinski definition) is 1. The Morgan fingerprint density at radius 3 is 2.58 bits per heavy atom. The Kier molecular flexibility index (Phi) is 5.99. The third-order valence-electron chi connectivity index (χ3n) is 6.00. The van der Waals surface area contributed by atoms with E-state index in [1.807, 2.05) is 24.3 Å². The summed E-state index contributed by atoms with van der Waals surface area (Å²) in [7, 11) is 0. The van der Waals surface area contributed by atoms with E-state index >= 15 is 0 Å². The predicted octanol–water partition coefficient (Wildman–Crippen LogP) is 5.44. The molecular weight excluding hydrogens is 490 g/mol. The summed E-state index contributed by atoms with van der Waals surface area (Å²) < 4.78 is 12.3. The molecule has 4 rings (SSSR count). The lowest BCUT2D eigenvalue weighted by molar-refractivity contribution is -0.167. The van der Waals surface area contributed by atoms with Crippen LogP contribution in [0.4, 0.5) is 4.79 Å². The van der Waals surface area contributed by atoms with Crippen LogP contribution in [0.3, 0.4) is 0 Å². The molecule has 7 nitrogen and oxygen atoms in total. The van der Waals surface area contributed by atoms with Crippen molar-refractivity contribution in [2.24, 2.45) is 0 Å². The second-order valence-electron chi connectivity index (χ2n) is 9.47. The summed E-state index contributed by atoms with van der Waals surface area (Å²) in [5.41, 5.74) is 0.876. The summed E-state index contributed by atoms with van der Waals surface area (Å²) in [6.45, 7) is 5.67. The fourth-order valence-electron chi connectivity index (χ4n) is 4.51. The Morgan fingerprint density at radius 2 is 1.88 bits per heavy atom. The number of carbonyl (C=O) groups excluding carboxylic acids is 2. The van der Waals surface area contributed by atoms with E-state index in [-0.39, 0.29) is 25.2 Å². The molecule has 1 amide bonds. The highest BCUT2D eigenvalue weighted by Crippen LogP contribution is 2.40. The summed E-state index contributed by atoms with van der Waals surface area (Å²) in [6.07, 6.45) is -0.760. The molecule has 0 saturated carbocycles. The van der Waals surface area contributed by atoms with Crippen LogP contribution in [0.1, 0.15) is 56.0 Å². The lowest BCUT2D eigenvalue weighted by Crippen LogP contribution is -2.56. The smallest absolute Gasteiger partial charge is 0.408 e. The van der Waals surface area contributed by atoms with E-state index in [0.717, 1.165) is 31.8 Å². The summed E-state index contributed by atoms with van der Waals surface area (Å²) >= 11 is 3.44. The van der Waals surface area contributed by atoms with E-state index in [2.05, 4.69) is 15.9 Å². The van der Waals surface area contributed by atoms with Crippen LogP contribution in [0.25, 0.3) is 11.1 Å². The van der Waals surface area contributed by atoms with E-state index in [1.54, 1.807) is 32.9 Å². The van der Waals surface area contributed by atoms with E-state index in [0.29, 0.717) is 18.6 Å². The molecular formula is C25H26BrNO6. The molecule has 2 aliphatic heterocycles. The van der Waals surface area contributed by atoms with Crippen molar-refractivity contribution in [1.82, 2.24) is 4.90 Å². The van der Waals surface area contributed by atoms with Gasteiger partial charge < -0.3 is 14.6 Å². The minimum absolute atomic E-state index is 0.187. The molecule has 8 heteroatoms. The molecule has 1 atom stereocenters. The molecule has 2 aliphatic rings. The van der Waals surface area contributed by atoms with Crippen molar-refractivity contribution >= 4 is 33.8 Å². The Hall–Kier alpha value is -2.87.